The number of anilines is 1. The minimum atomic E-state index is 0.0260. The van der Waals surface area contributed by atoms with E-state index in [1.54, 1.807) is 24.3 Å². The van der Waals surface area contributed by atoms with Crippen LogP contribution in [0.5, 0.6) is 5.75 Å². The van der Waals surface area contributed by atoms with Crippen molar-refractivity contribution in [3.63, 3.8) is 0 Å². The highest BCUT2D eigenvalue weighted by atomic mass is 16.3. The number of Topliss-reactive ketones (excluding diaryl/α,β-unsaturated/α-hetero) is 1. The summed E-state index contributed by atoms with van der Waals surface area (Å²) >= 11 is 0. The van der Waals surface area contributed by atoms with Gasteiger partial charge in [-0.05, 0) is 29.8 Å². The number of carbonyl (C=O) groups is 1. The molecule has 1 aliphatic rings. The molecule has 3 aromatic carbocycles. The Morgan fingerprint density at radius 2 is 1.33 bits per heavy atom. The van der Waals surface area contributed by atoms with Gasteiger partial charge in [-0.1, -0.05) is 54.6 Å². The van der Waals surface area contributed by atoms with E-state index in [1.807, 2.05) is 54.6 Å². The van der Waals surface area contributed by atoms with Gasteiger partial charge >= 0.3 is 0 Å². The number of nitrogens with one attached hydrogen (secondary N) is 1. The molecule has 0 saturated carbocycles. The predicted octanol–water partition coefficient (Wildman–Crippen LogP) is 4.57. The summed E-state index contributed by atoms with van der Waals surface area (Å²) in [5, 5.41) is 12.8. The van der Waals surface area contributed by atoms with Gasteiger partial charge < -0.3 is 10.4 Å². The molecule has 0 aliphatic heterocycles. The van der Waals surface area contributed by atoms with E-state index >= 15 is 0 Å². The van der Waals surface area contributed by atoms with E-state index in [0.29, 0.717) is 11.1 Å². The fourth-order valence-electron chi connectivity index (χ4n) is 2.98. The molecular weight excluding hydrogens is 298 g/mol. The molecule has 0 unspecified atom stereocenters. The normalized spacial score (nSPS) is 13.1. The fourth-order valence-corrected chi connectivity index (χ4v) is 2.98. The van der Waals surface area contributed by atoms with Crippen molar-refractivity contribution in [2.24, 2.45) is 0 Å². The zero-order valence-electron chi connectivity index (χ0n) is 12.9. The molecule has 3 heteroatoms. The van der Waals surface area contributed by atoms with Crippen LogP contribution in [0.25, 0.3) is 11.3 Å². The van der Waals surface area contributed by atoms with Crippen LogP contribution in [0.15, 0.2) is 78.9 Å². The van der Waals surface area contributed by atoms with E-state index in [-0.39, 0.29) is 11.5 Å². The van der Waals surface area contributed by atoms with Crippen molar-refractivity contribution >= 4 is 22.7 Å². The van der Waals surface area contributed by atoms with E-state index in [9.17, 15) is 9.90 Å². The molecule has 0 atom stereocenters. The third-order valence-electron chi connectivity index (χ3n) is 4.12. The van der Waals surface area contributed by atoms with E-state index in [2.05, 4.69) is 5.32 Å². The molecule has 116 valence electrons. The van der Waals surface area contributed by atoms with Crippen LogP contribution in [0, 0.1) is 0 Å². The van der Waals surface area contributed by atoms with Crippen LogP contribution in [0.4, 0.5) is 5.69 Å². The number of phenolic OH excluding ortho intramolecular Hbond substituents is 1. The highest BCUT2D eigenvalue weighted by molar-refractivity contribution is 6.40. The van der Waals surface area contributed by atoms with Crippen LogP contribution in [-0.2, 0) is 0 Å². The molecule has 0 aromatic heterocycles. The zero-order valence-corrected chi connectivity index (χ0v) is 12.9. The number of carbonyl (C=O) groups excluding carboxylic acids is 1. The second kappa shape index (κ2) is 5.70. The van der Waals surface area contributed by atoms with Crippen molar-refractivity contribution in [1.29, 1.82) is 0 Å². The van der Waals surface area contributed by atoms with Gasteiger partial charge in [0.1, 0.15) is 5.75 Å². The Balaban J connectivity index is 1.87. The number of allylic oxidation sites excluding steroid dienone is 1. The average molecular weight is 313 g/mol. The number of hydrogen-bond donors (Lipinski definition) is 2. The smallest absolute Gasteiger partial charge is 0.196 e. The number of fused-ring (bicyclic) bond motifs is 1. The van der Waals surface area contributed by atoms with E-state index < -0.39 is 0 Å². The lowest BCUT2D eigenvalue weighted by molar-refractivity contribution is 0.105. The second-order valence-electron chi connectivity index (χ2n) is 5.66. The molecular formula is C21H15NO2. The summed E-state index contributed by atoms with van der Waals surface area (Å²) < 4.78 is 0. The van der Waals surface area contributed by atoms with Gasteiger partial charge in [-0.25, -0.2) is 0 Å². The van der Waals surface area contributed by atoms with Crippen molar-refractivity contribution < 1.29 is 9.90 Å². The Morgan fingerprint density at radius 3 is 2.04 bits per heavy atom. The quantitative estimate of drug-likeness (QED) is 0.696. The molecule has 3 aromatic rings. The second-order valence-corrected chi connectivity index (χ2v) is 5.66. The van der Waals surface area contributed by atoms with Gasteiger partial charge in [-0.2, -0.15) is 0 Å². The van der Waals surface area contributed by atoms with Crippen LogP contribution < -0.4 is 5.32 Å². The summed E-state index contributed by atoms with van der Waals surface area (Å²) in [4.78, 5) is 12.9. The van der Waals surface area contributed by atoms with Gasteiger partial charge in [-0.15, -0.1) is 0 Å². The summed E-state index contributed by atoms with van der Waals surface area (Å²) in [5.41, 5.74) is 4.78. The Bertz CT molecular complexity index is 941. The molecule has 4 rings (SSSR count). The summed E-state index contributed by atoms with van der Waals surface area (Å²) in [7, 11) is 0. The summed E-state index contributed by atoms with van der Waals surface area (Å²) in [5.74, 6) is 0.235. The monoisotopic (exact) mass is 313 g/mol. The summed E-state index contributed by atoms with van der Waals surface area (Å²) in [6.45, 7) is 0. The first-order chi connectivity index (χ1) is 11.7. The Morgan fingerprint density at radius 1 is 0.708 bits per heavy atom. The maximum atomic E-state index is 12.9. The molecule has 0 spiro atoms. The molecule has 0 saturated heterocycles. The predicted molar refractivity (Wildman–Crippen MR) is 95.8 cm³/mol. The first-order valence-corrected chi connectivity index (χ1v) is 7.74. The van der Waals surface area contributed by atoms with E-state index in [0.717, 1.165) is 22.5 Å². The molecule has 24 heavy (non-hydrogen) atoms. The van der Waals surface area contributed by atoms with Crippen molar-refractivity contribution in [1.82, 2.24) is 0 Å². The van der Waals surface area contributed by atoms with E-state index in [4.69, 9.17) is 0 Å². The third-order valence-corrected chi connectivity index (χ3v) is 4.12. The zero-order chi connectivity index (χ0) is 16.5. The summed E-state index contributed by atoms with van der Waals surface area (Å²) in [6.07, 6.45) is 0. The molecule has 0 radical (unpaired) electrons. The lowest BCUT2D eigenvalue weighted by Gasteiger charge is -2.11. The largest absolute Gasteiger partial charge is 0.508 e. The van der Waals surface area contributed by atoms with E-state index in [1.165, 1.54) is 0 Å². The van der Waals surface area contributed by atoms with Crippen molar-refractivity contribution in [2.75, 3.05) is 5.32 Å². The molecule has 0 heterocycles. The topological polar surface area (TPSA) is 49.3 Å². The standard InChI is InChI=1S/C21H15NO2/c23-16-12-10-15(11-13-16)22-20-17-8-4-5-9-18(17)21(24)19(20)14-6-2-1-3-7-14/h1-13,22-23H. The van der Waals surface area contributed by atoms with Crippen molar-refractivity contribution in [3.8, 4) is 5.75 Å². The first-order valence-electron chi connectivity index (χ1n) is 7.74. The number of benzene rings is 3. The number of rotatable bonds is 3. The number of aromatic hydroxyl groups is 1. The average Bonchev–Trinajstić information content (AvgIpc) is 2.90. The SMILES string of the molecule is O=C1C(c2ccccc2)=C(Nc2ccc(O)cc2)c2ccccc21. The number of ketones is 1. The van der Waals surface area contributed by atoms with Crippen molar-refractivity contribution in [2.45, 2.75) is 0 Å². The van der Waals surface area contributed by atoms with Gasteiger partial charge in [0, 0.05) is 16.8 Å². The molecule has 0 bridgehead atoms. The molecule has 2 N–H and O–H groups in total. The van der Waals surface area contributed by atoms with Crippen LogP contribution in [0.1, 0.15) is 21.5 Å². The number of phenols is 1. The van der Waals surface area contributed by atoms with Gasteiger partial charge in [0.05, 0.1) is 11.3 Å². The number of hydrogen-bond acceptors (Lipinski definition) is 3. The highest BCUT2D eigenvalue weighted by Crippen LogP contribution is 2.38. The lowest BCUT2D eigenvalue weighted by atomic mass is 10.0. The van der Waals surface area contributed by atoms with Crippen LogP contribution in [0.3, 0.4) is 0 Å². The van der Waals surface area contributed by atoms with Gasteiger partial charge in [0.2, 0.25) is 0 Å². The minimum Gasteiger partial charge on any atom is -0.508 e. The van der Waals surface area contributed by atoms with Crippen molar-refractivity contribution in [3.05, 3.63) is 95.6 Å². The van der Waals surface area contributed by atoms with Gasteiger partial charge in [0.15, 0.2) is 5.78 Å². The van der Waals surface area contributed by atoms with Crippen LogP contribution in [0.2, 0.25) is 0 Å². The molecule has 0 fully saturated rings. The van der Waals surface area contributed by atoms with Crippen LogP contribution in [-0.4, -0.2) is 10.9 Å². The van der Waals surface area contributed by atoms with Gasteiger partial charge in [0.25, 0.3) is 0 Å². The molecule has 1 aliphatic carbocycles. The summed E-state index contributed by atoms with van der Waals surface area (Å²) in [6, 6.07) is 24.1. The first kappa shape index (κ1) is 14.3. The molecule has 0 amide bonds. The minimum absolute atomic E-state index is 0.0260. The highest BCUT2D eigenvalue weighted by Gasteiger charge is 2.30. The maximum absolute atomic E-state index is 12.9. The Hall–Kier alpha value is -3.33. The molecule has 3 nitrogen and oxygen atoms in total. The third kappa shape index (κ3) is 2.36. The van der Waals surface area contributed by atoms with Crippen LogP contribution >= 0.6 is 0 Å². The maximum Gasteiger partial charge on any atom is 0.196 e. The van der Waals surface area contributed by atoms with Gasteiger partial charge in [-0.3, -0.25) is 4.79 Å². The Kier molecular flexibility index (Phi) is 3.39. The fraction of sp³-hybridized carbons (Fsp3) is 0. The Labute approximate surface area is 139 Å². The lowest BCUT2D eigenvalue weighted by Crippen LogP contribution is -2.01.